The Morgan fingerprint density at radius 2 is 1.04 bits per heavy atom. The van der Waals surface area contributed by atoms with Gasteiger partial charge in [-0.25, -0.2) is 9.97 Å². The van der Waals surface area contributed by atoms with E-state index in [2.05, 4.69) is 165 Å². The summed E-state index contributed by atoms with van der Waals surface area (Å²) < 4.78 is 4.57. The summed E-state index contributed by atoms with van der Waals surface area (Å²) in [5.74, 6) is 0.665. The number of rotatable bonds is 4. The third-order valence-electron chi connectivity index (χ3n) is 10.5. The molecule has 0 unspecified atom stereocenters. The molecule has 0 aliphatic carbocycles. The average Bonchev–Trinajstić information content (AvgIpc) is 3.73. The van der Waals surface area contributed by atoms with Crippen LogP contribution in [-0.4, -0.2) is 24.1 Å². The van der Waals surface area contributed by atoms with Crippen LogP contribution in [0.15, 0.2) is 170 Å². The Hall–Kier alpha value is -7.05. The molecular weight excluding hydrogens is 637 g/mol. The summed E-state index contributed by atoms with van der Waals surface area (Å²) in [5, 5.41) is 4.83. The second-order valence-corrected chi connectivity index (χ2v) is 13.3. The molecule has 4 aromatic heterocycles. The summed E-state index contributed by atoms with van der Waals surface area (Å²) in [5.41, 5.74) is 13.3. The lowest BCUT2D eigenvalue weighted by Crippen LogP contribution is -2.23. The van der Waals surface area contributed by atoms with Crippen LogP contribution in [0.2, 0.25) is 0 Å². The molecule has 0 atom stereocenters. The van der Waals surface area contributed by atoms with Crippen molar-refractivity contribution in [2.45, 2.75) is 6.54 Å². The molecule has 0 bridgehead atoms. The highest BCUT2D eigenvalue weighted by Gasteiger charge is 2.26. The van der Waals surface area contributed by atoms with E-state index in [1.165, 1.54) is 43.7 Å². The fourth-order valence-corrected chi connectivity index (χ4v) is 8.14. The molecule has 0 N–H and O–H groups in total. The highest BCUT2D eigenvalue weighted by molar-refractivity contribution is 6.12. The van der Waals surface area contributed by atoms with E-state index in [0.717, 1.165) is 44.9 Å². The van der Waals surface area contributed by atoms with Crippen molar-refractivity contribution in [1.82, 2.24) is 24.1 Å². The normalized spacial score (nSPS) is 12.5. The third kappa shape index (κ3) is 4.28. The van der Waals surface area contributed by atoms with Crippen molar-refractivity contribution in [2.75, 3.05) is 4.90 Å². The summed E-state index contributed by atoms with van der Waals surface area (Å²) in [6, 6.07) is 54.0. The van der Waals surface area contributed by atoms with Gasteiger partial charge in [-0.3, -0.25) is 9.55 Å². The van der Waals surface area contributed by atoms with E-state index in [-0.39, 0.29) is 0 Å². The van der Waals surface area contributed by atoms with Crippen LogP contribution < -0.4 is 4.90 Å². The predicted octanol–water partition coefficient (Wildman–Crippen LogP) is 11.1. The Balaban J connectivity index is 1.06. The number of anilines is 2. The first kappa shape index (κ1) is 28.8. The number of hydrogen-bond donors (Lipinski definition) is 0. The molecule has 6 nitrogen and oxygen atoms in total. The van der Waals surface area contributed by atoms with Crippen LogP contribution in [0.25, 0.3) is 77.5 Å². The topological polar surface area (TPSA) is 51.8 Å². The van der Waals surface area contributed by atoms with Crippen molar-refractivity contribution in [3.8, 4) is 33.9 Å². The van der Waals surface area contributed by atoms with Crippen LogP contribution in [0.3, 0.4) is 0 Å². The lowest BCUT2D eigenvalue weighted by Gasteiger charge is -2.31. The molecule has 1 aliphatic heterocycles. The number of hydrogen-bond acceptors (Lipinski definition) is 4. The van der Waals surface area contributed by atoms with Gasteiger partial charge in [-0.2, -0.15) is 0 Å². The molecule has 11 rings (SSSR count). The summed E-state index contributed by atoms with van der Waals surface area (Å²) in [4.78, 5) is 17.0. The Morgan fingerprint density at radius 3 is 1.73 bits per heavy atom. The third-order valence-corrected chi connectivity index (χ3v) is 10.5. The Morgan fingerprint density at radius 1 is 0.462 bits per heavy atom. The lowest BCUT2D eigenvalue weighted by molar-refractivity contribution is 0.868. The molecule has 0 radical (unpaired) electrons. The monoisotopic (exact) mass is 666 g/mol. The van der Waals surface area contributed by atoms with Gasteiger partial charge in [0.25, 0.3) is 0 Å². The minimum Gasteiger partial charge on any atom is -0.334 e. The molecular formula is C46H30N6. The van der Waals surface area contributed by atoms with Gasteiger partial charge < -0.3 is 9.47 Å². The van der Waals surface area contributed by atoms with Crippen LogP contribution in [-0.2, 0) is 6.54 Å². The van der Waals surface area contributed by atoms with Gasteiger partial charge in [0.1, 0.15) is 0 Å². The Kier molecular flexibility index (Phi) is 6.21. The average molecular weight is 667 g/mol. The van der Waals surface area contributed by atoms with Crippen LogP contribution in [0, 0.1) is 0 Å². The highest BCUT2D eigenvalue weighted by atomic mass is 15.2. The van der Waals surface area contributed by atoms with E-state index in [1.807, 2.05) is 24.7 Å². The summed E-state index contributed by atoms with van der Waals surface area (Å²) in [6.07, 6.45) is 5.76. The molecule has 0 fully saturated rings. The molecule has 6 aromatic carbocycles. The van der Waals surface area contributed by atoms with Crippen molar-refractivity contribution in [2.24, 2.45) is 0 Å². The van der Waals surface area contributed by atoms with Gasteiger partial charge in [-0.1, -0.05) is 84.9 Å². The molecule has 1 aliphatic rings. The first-order chi connectivity index (χ1) is 25.8. The second-order valence-electron chi connectivity index (χ2n) is 13.3. The molecule has 6 heteroatoms. The summed E-state index contributed by atoms with van der Waals surface area (Å²) >= 11 is 0. The molecule has 0 amide bonds. The fraction of sp³-hybridized carbons (Fsp3) is 0.0217. The molecule has 0 saturated carbocycles. The van der Waals surface area contributed by atoms with Crippen molar-refractivity contribution in [1.29, 1.82) is 0 Å². The van der Waals surface area contributed by atoms with Gasteiger partial charge in [-0.05, 0) is 77.9 Å². The van der Waals surface area contributed by atoms with Crippen molar-refractivity contribution in [3.05, 3.63) is 176 Å². The maximum atomic E-state index is 5.29. The SMILES string of the molecule is c1ccc(N2Cc3nc(-n4c5ccccc5c5cc(-c6ccc7c(c6)c6ccccc6n7-c6ccccc6)ccc54)ncc3-c3ccncc32)cc1. The molecule has 244 valence electrons. The number of nitrogens with zero attached hydrogens (tertiary/aromatic N) is 6. The highest BCUT2D eigenvalue weighted by Crippen LogP contribution is 2.42. The minimum atomic E-state index is 0.623. The molecule has 5 heterocycles. The second kappa shape index (κ2) is 11.2. The van der Waals surface area contributed by atoms with Crippen molar-refractivity contribution >= 4 is 55.0 Å². The summed E-state index contributed by atoms with van der Waals surface area (Å²) in [7, 11) is 0. The minimum absolute atomic E-state index is 0.623. The zero-order valence-corrected chi connectivity index (χ0v) is 28.1. The molecule has 0 spiro atoms. The first-order valence-corrected chi connectivity index (χ1v) is 17.6. The number of pyridine rings is 1. The molecule has 10 aromatic rings. The zero-order valence-electron chi connectivity index (χ0n) is 28.1. The fourth-order valence-electron chi connectivity index (χ4n) is 8.14. The van der Waals surface area contributed by atoms with Crippen LogP contribution >= 0.6 is 0 Å². The van der Waals surface area contributed by atoms with Gasteiger partial charge in [0.15, 0.2) is 0 Å². The van der Waals surface area contributed by atoms with E-state index in [1.54, 1.807) is 0 Å². The van der Waals surface area contributed by atoms with Gasteiger partial charge in [0.05, 0.1) is 46.2 Å². The Labute approximate surface area is 299 Å². The van der Waals surface area contributed by atoms with E-state index < -0.39 is 0 Å². The number of fused-ring (bicyclic) bond motifs is 9. The van der Waals surface area contributed by atoms with Gasteiger partial charge >= 0.3 is 0 Å². The Bertz CT molecular complexity index is 3000. The maximum absolute atomic E-state index is 5.29. The number of benzene rings is 6. The van der Waals surface area contributed by atoms with Crippen molar-refractivity contribution in [3.63, 3.8) is 0 Å². The van der Waals surface area contributed by atoms with Crippen LogP contribution in [0.4, 0.5) is 11.4 Å². The van der Waals surface area contributed by atoms with Gasteiger partial charge in [-0.15, -0.1) is 0 Å². The number of aromatic nitrogens is 5. The van der Waals surface area contributed by atoms with Crippen LogP contribution in [0.1, 0.15) is 5.69 Å². The number of para-hydroxylation sites is 4. The van der Waals surface area contributed by atoms with Gasteiger partial charge in [0.2, 0.25) is 5.95 Å². The predicted molar refractivity (Wildman–Crippen MR) is 212 cm³/mol. The smallest absolute Gasteiger partial charge is 0.234 e. The largest absolute Gasteiger partial charge is 0.334 e. The molecule has 52 heavy (non-hydrogen) atoms. The first-order valence-electron chi connectivity index (χ1n) is 17.6. The van der Waals surface area contributed by atoms with E-state index >= 15 is 0 Å². The van der Waals surface area contributed by atoms with E-state index in [4.69, 9.17) is 9.97 Å². The maximum Gasteiger partial charge on any atom is 0.234 e. The van der Waals surface area contributed by atoms with Crippen molar-refractivity contribution < 1.29 is 0 Å². The van der Waals surface area contributed by atoms with E-state index in [0.29, 0.717) is 12.5 Å². The molecule has 0 saturated heterocycles. The standard InChI is InChI=1S/C46H30N6/c1-3-11-32(12-4-1)50-29-40-39(36-23-24-47-28-45(36)50)27-48-46(49-40)52-42-18-10-8-16-35(42)38-26-31(20-22-44(38)52)30-19-21-43-37(25-30)34-15-7-9-17-41(34)51(43)33-13-5-2-6-14-33/h1-28H,29H2. The quantitative estimate of drug-likeness (QED) is 0.188. The van der Waals surface area contributed by atoms with E-state index in [9.17, 15) is 0 Å². The lowest BCUT2D eigenvalue weighted by atomic mass is 9.99. The zero-order chi connectivity index (χ0) is 34.2. The van der Waals surface area contributed by atoms with Gasteiger partial charge in [0, 0.05) is 56.4 Å². The van der Waals surface area contributed by atoms with Crippen LogP contribution in [0.5, 0.6) is 0 Å². The summed E-state index contributed by atoms with van der Waals surface area (Å²) in [6.45, 7) is 0.623.